The summed E-state index contributed by atoms with van der Waals surface area (Å²) in [6.07, 6.45) is 3.97. The molecule has 6 nitrogen and oxygen atoms in total. The van der Waals surface area contributed by atoms with Gasteiger partial charge in [-0.05, 0) is 36.2 Å². The molecule has 0 aliphatic heterocycles. The van der Waals surface area contributed by atoms with Gasteiger partial charge in [-0.1, -0.05) is 42.8 Å². The minimum atomic E-state index is -3.75. The Balaban J connectivity index is 1.77. The van der Waals surface area contributed by atoms with E-state index < -0.39 is 10.0 Å². The summed E-state index contributed by atoms with van der Waals surface area (Å²) >= 11 is 5.77. The topological polar surface area (TPSA) is 87.2 Å². The van der Waals surface area contributed by atoms with Crippen molar-refractivity contribution < 1.29 is 8.42 Å². The summed E-state index contributed by atoms with van der Waals surface area (Å²) in [7, 11) is -3.75. The number of H-pyrrole nitrogens is 1. The predicted molar refractivity (Wildman–Crippen MR) is 103 cm³/mol. The number of hydrazone groups is 1. The summed E-state index contributed by atoms with van der Waals surface area (Å²) in [5.74, 6) is 0. The maximum absolute atomic E-state index is 12.2. The van der Waals surface area contributed by atoms with Crippen molar-refractivity contribution in [1.82, 2.24) is 15.0 Å². The average Bonchev–Trinajstić information content (AvgIpc) is 3.10. The number of aromatic nitrogens is 2. The van der Waals surface area contributed by atoms with E-state index in [2.05, 4.69) is 27.1 Å². The fraction of sp³-hybridized carbons (Fsp3) is 0.111. The Morgan fingerprint density at radius 2 is 1.85 bits per heavy atom. The van der Waals surface area contributed by atoms with Gasteiger partial charge in [0.2, 0.25) is 0 Å². The summed E-state index contributed by atoms with van der Waals surface area (Å²) in [5.41, 5.74) is 3.62. The van der Waals surface area contributed by atoms with Crippen LogP contribution in [0.4, 0.5) is 0 Å². The van der Waals surface area contributed by atoms with Crippen LogP contribution in [0.25, 0.3) is 11.3 Å². The van der Waals surface area contributed by atoms with E-state index in [4.69, 9.17) is 11.6 Å². The molecule has 3 aromatic rings. The van der Waals surface area contributed by atoms with Crippen LogP contribution in [0, 0.1) is 0 Å². The lowest BCUT2D eigenvalue weighted by molar-refractivity contribution is 0.584. The van der Waals surface area contributed by atoms with Crippen LogP contribution in [0.1, 0.15) is 18.1 Å². The van der Waals surface area contributed by atoms with E-state index >= 15 is 0 Å². The number of sulfonamides is 1. The lowest BCUT2D eigenvalue weighted by Gasteiger charge is -2.04. The molecule has 1 heterocycles. The first-order valence-electron chi connectivity index (χ1n) is 7.92. The van der Waals surface area contributed by atoms with Gasteiger partial charge in [0.15, 0.2) is 0 Å². The molecule has 26 heavy (non-hydrogen) atoms. The summed E-state index contributed by atoms with van der Waals surface area (Å²) in [6, 6.07) is 13.9. The van der Waals surface area contributed by atoms with Gasteiger partial charge in [0.05, 0.1) is 23.0 Å². The number of aryl methyl sites for hydroxylation is 1. The molecule has 0 spiro atoms. The molecule has 2 aromatic carbocycles. The normalized spacial score (nSPS) is 11.8. The molecule has 0 radical (unpaired) electrons. The Morgan fingerprint density at radius 1 is 1.15 bits per heavy atom. The molecule has 0 aliphatic rings. The number of halogens is 1. The number of aromatic amines is 1. The minimum absolute atomic E-state index is 0.0848. The van der Waals surface area contributed by atoms with Crippen LogP contribution < -0.4 is 4.83 Å². The van der Waals surface area contributed by atoms with Crippen molar-refractivity contribution in [3.8, 4) is 11.3 Å². The number of rotatable bonds is 6. The van der Waals surface area contributed by atoms with Crippen LogP contribution in [0.5, 0.6) is 0 Å². The molecule has 0 bridgehead atoms. The molecule has 0 fully saturated rings. The lowest BCUT2D eigenvalue weighted by atomic mass is 10.1. The van der Waals surface area contributed by atoms with Gasteiger partial charge in [-0.25, -0.2) is 4.83 Å². The Kier molecular flexibility index (Phi) is 5.39. The minimum Gasteiger partial charge on any atom is -0.277 e. The van der Waals surface area contributed by atoms with Gasteiger partial charge < -0.3 is 0 Å². The summed E-state index contributed by atoms with van der Waals surface area (Å²) in [5, 5.41) is 11.2. The molecule has 0 unspecified atom stereocenters. The third kappa shape index (κ3) is 4.12. The van der Waals surface area contributed by atoms with Crippen molar-refractivity contribution in [2.45, 2.75) is 18.2 Å². The molecule has 2 N–H and O–H groups in total. The fourth-order valence-electron chi connectivity index (χ4n) is 2.36. The molecular formula is C18H17ClN4O2S. The molecule has 8 heteroatoms. The van der Waals surface area contributed by atoms with E-state index in [0.29, 0.717) is 10.6 Å². The third-order valence-corrected chi connectivity index (χ3v) is 5.31. The summed E-state index contributed by atoms with van der Waals surface area (Å²) in [6.45, 7) is 2.09. The number of benzene rings is 2. The SMILES string of the molecule is CCc1ccc(-c2[nH]ncc2C=NNS(=O)(=O)c2ccc(Cl)cc2)cc1. The Bertz CT molecular complexity index is 1010. The second kappa shape index (κ2) is 7.72. The molecular weight excluding hydrogens is 372 g/mol. The smallest absolute Gasteiger partial charge is 0.276 e. The van der Waals surface area contributed by atoms with Crippen LogP contribution in [-0.2, 0) is 16.4 Å². The quantitative estimate of drug-likeness (QED) is 0.499. The van der Waals surface area contributed by atoms with Gasteiger partial charge in [0, 0.05) is 16.1 Å². The highest BCUT2D eigenvalue weighted by atomic mass is 35.5. The zero-order valence-corrected chi connectivity index (χ0v) is 15.6. The Morgan fingerprint density at radius 3 is 2.50 bits per heavy atom. The number of hydrogen-bond acceptors (Lipinski definition) is 4. The van der Waals surface area contributed by atoms with Crippen molar-refractivity contribution >= 4 is 27.8 Å². The van der Waals surface area contributed by atoms with Gasteiger partial charge in [-0.2, -0.15) is 18.6 Å². The lowest BCUT2D eigenvalue weighted by Crippen LogP contribution is -2.18. The second-order valence-corrected chi connectivity index (χ2v) is 7.65. The molecule has 0 saturated heterocycles. The van der Waals surface area contributed by atoms with E-state index in [-0.39, 0.29) is 4.90 Å². The van der Waals surface area contributed by atoms with Crippen molar-refractivity contribution in [2.24, 2.45) is 5.10 Å². The summed E-state index contributed by atoms with van der Waals surface area (Å²) < 4.78 is 24.4. The van der Waals surface area contributed by atoms with Crippen LogP contribution >= 0.6 is 11.6 Å². The number of nitrogens with zero attached hydrogens (tertiary/aromatic N) is 2. The van der Waals surface area contributed by atoms with Gasteiger partial charge in [-0.15, -0.1) is 0 Å². The molecule has 0 amide bonds. The number of hydrogen-bond donors (Lipinski definition) is 2. The van der Waals surface area contributed by atoms with E-state index in [9.17, 15) is 8.42 Å². The van der Waals surface area contributed by atoms with E-state index in [0.717, 1.165) is 17.7 Å². The highest BCUT2D eigenvalue weighted by Crippen LogP contribution is 2.20. The molecule has 134 valence electrons. The Hall–Kier alpha value is -2.64. The van der Waals surface area contributed by atoms with Crippen LogP contribution in [0.2, 0.25) is 5.02 Å². The maximum Gasteiger partial charge on any atom is 0.276 e. The van der Waals surface area contributed by atoms with Crippen LogP contribution in [-0.4, -0.2) is 24.8 Å². The van der Waals surface area contributed by atoms with Gasteiger partial charge in [0.1, 0.15) is 0 Å². The summed E-state index contributed by atoms with van der Waals surface area (Å²) in [4.78, 5) is 2.27. The van der Waals surface area contributed by atoms with E-state index in [1.165, 1.54) is 36.0 Å². The Labute approximate surface area is 157 Å². The van der Waals surface area contributed by atoms with E-state index in [1.807, 2.05) is 24.3 Å². The number of nitrogens with one attached hydrogen (secondary N) is 2. The van der Waals surface area contributed by atoms with Crippen LogP contribution in [0.3, 0.4) is 0 Å². The van der Waals surface area contributed by atoms with Gasteiger partial charge >= 0.3 is 0 Å². The highest BCUT2D eigenvalue weighted by molar-refractivity contribution is 7.89. The third-order valence-electron chi connectivity index (χ3n) is 3.82. The van der Waals surface area contributed by atoms with Crippen LogP contribution in [0.15, 0.2) is 64.7 Å². The highest BCUT2D eigenvalue weighted by Gasteiger charge is 2.12. The zero-order chi connectivity index (χ0) is 18.6. The first-order chi connectivity index (χ1) is 12.5. The second-order valence-electron chi connectivity index (χ2n) is 5.56. The molecule has 0 saturated carbocycles. The molecule has 3 rings (SSSR count). The van der Waals surface area contributed by atoms with Gasteiger partial charge in [-0.3, -0.25) is 5.10 Å². The van der Waals surface area contributed by atoms with E-state index in [1.54, 1.807) is 6.20 Å². The molecule has 0 aliphatic carbocycles. The zero-order valence-electron chi connectivity index (χ0n) is 14.0. The van der Waals surface area contributed by atoms with Gasteiger partial charge in [0.25, 0.3) is 10.0 Å². The first kappa shape index (κ1) is 18.2. The monoisotopic (exact) mass is 388 g/mol. The largest absolute Gasteiger partial charge is 0.277 e. The van der Waals surface area contributed by atoms with Crippen molar-refractivity contribution in [1.29, 1.82) is 0 Å². The maximum atomic E-state index is 12.2. The van der Waals surface area contributed by atoms with Crippen molar-refractivity contribution in [3.05, 3.63) is 70.9 Å². The van der Waals surface area contributed by atoms with Crippen molar-refractivity contribution in [3.63, 3.8) is 0 Å². The average molecular weight is 389 g/mol. The molecule has 1 aromatic heterocycles. The predicted octanol–water partition coefficient (Wildman–Crippen LogP) is 3.60. The standard InChI is InChI=1S/C18H17ClN4O2S/c1-2-13-3-5-14(6-4-13)18-15(11-20-22-18)12-21-23-26(24,25)17-9-7-16(19)8-10-17/h3-12,23H,2H2,1H3,(H,20,22). The fourth-order valence-corrected chi connectivity index (χ4v) is 3.28. The first-order valence-corrected chi connectivity index (χ1v) is 9.79. The van der Waals surface area contributed by atoms with Crippen molar-refractivity contribution in [2.75, 3.05) is 0 Å². The molecule has 0 atom stereocenters.